The maximum atomic E-state index is 12.6. The number of pyridine rings is 1. The zero-order chi connectivity index (χ0) is 21.0. The fourth-order valence-corrected chi connectivity index (χ4v) is 2.81. The van der Waals surface area contributed by atoms with Crippen LogP contribution in [0.4, 0.5) is 0 Å². The minimum Gasteiger partial charge on any atom is -0.460 e. The van der Waals surface area contributed by atoms with Crippen LogP contribution in [0.25, 0.3) is 16.9 Å². The van der Waals surface area contributed by atoms with E-state index in [9.17, 15) is 9.59 Å². The summed E-state index contributed by atoms with van der Waals surface area (Å²) in [5.74, 6) is -0.670. The molecule has 0 aliphatic heterocycles. The average molecular weight is 390 g/mol. The Labute approximate surface area is 168 Å². The largest absolute Gasteiger partial charge is 0.460 e. The third-order valence-electron chi connectivity index (χ3n) is 4.07. The Bertz CT molecular complexity index is 1090. The summed E-state index contributed by atoms with van der Waals surface area (Å²) in [5, 5.41) is 11.7. The fraction of sp³-hybridized carbons (Fsp3) is 0.273. The van der Waals surface area contributed by atoms with Crippen LogP contribution in [0.5, 0.6) is 0 Å². The van der Waals surface area contributed by atoms with Gasteiger partial charge in [-0.3, -0.25) is 9.59 Å². The molecule has 0 fully saturated rings. The lowest BCUT2D eigenvalue weighted by Crippen LogP contribution is -2.29. The summed E-state index contributed by atoms with van der Waals surface area (Å²) in [6, 6.07) is 12.6. The van der Waals surface area contributed by atoms with Gasteiger partial charge < -0.3 is 14.5 Å². The monoisotopic (exact) mass is 390 g/mol. The molecule has 0 aliphatic carbocycles. The Morgan fingerprint density at radius 3 is 2.59 bits per heavy atom. The number of nitriles is 1. The van der Waals surface area contributed by atoms with Crippen LogP contribution < -0.4 is 5.32 Å². The van der Waals surface area contributed by atoms with Crippen molar-refractivity contribution in [1.29, 1.82) is 5.26 Å². The Hall–Kier alpha value is -3.66. The van der Waals surface area contributed by atoms with Gasteiger partial charge >= 0.3 is 5.97 Å². The maximum absolute atomic E-state index is 12.6. The minimum atomic E-state index is -0.551. The lowest BCUT2D eigenvalue weighted by molar-refractivity contribution is -0.154. The lowest BCUT2D eigenvalue weighted by atomic mass is 10.1. The first kappa shape index (κ1) is 20.1. The highest BCUT2D eigenvalue weighted by molar-refractivity contribution is 6.00. The van der Waals surface area contributed by atoms with Gasteiger partial charge in [-0.2, -0.15) is 5.26 Å². The van der Waals surface area contributed by atoms with Gasteiger partial charge in [-0.15, -0.1) is 0 Å². The molecule has 3 aromatic rings. The second-order valence-corrected chi connectivity index (χ2v) is 7.56. The Kier molecular flexibility index (Phi) is 5.64. The van der Waals surface area contributed by atoms with Crippen LogP contribution in [0, 0.1) is 11.3 Å². The lowest BCUT2D eigenvalue weighted by Gasteiger charge is -2.19. The zero-order valence-corrected chi connectivity index (χ0v) is 16.6. The summed E-state index contributed by atoms with van der Waals surface area (Å²) in [6.07, 6.45) is 3.73. The normalized spacial score (nSPS) is 11.1. The molecular formula is C22H22N4O3. The minimum absolute atomic E-state index is 0.0943. The van der Waals surface area contributed by atoms with Crippen LogP contribution in [0.15, 0.2) is 48.8 Å². The van der Waals surface area contributed by atoms with Crippen LogP contribution in [0.2, 0.25) is 0 Å². The molecule has 0 saturated heterocycles. The van der Waals surface area contributed by atoms with E-state index in [1.807, 2.05) is 24.5 Å². The van der Waals surface area contributed by atoms with Crippen molar-refractivity contribution < 1.29 is 14.3 Å². The van der Waals surface area contributed by atoms with E-state index in [4.69, 9.17) is 10.00 Å². The number of hydrogen-bond donors (Lipinski definition) is 1. The van der Waals surface area contributed by atoms with E-state index in [0.29, 0.717) is 22.5 Å². The summed E-state index contributed by atoms with van der Waals surface area (Å²) in [4.78, 5) is 29.0. The molecule has 1 N–H and O–H groups in total. The molecule has 0 saturated carbocycles. The molecule has 3 rings (SSSR count). The number of amides is 1. The van der Waals surface area contributed by atoms with Crippen molar-refractivity contribution in [1.82, 2.24) is 14.7 Å². The number of carbonyl (C=O) groups excluding carboxylic acids is 2. The van der Waals surface area contributed by atoms with Crippen molar-refractivity contribution in [3.05, 3.63) is 59.9 Å². The smallest absolute Gasteiger partial charge is 0.308 e. The molecule has 148 valence electrons. The van der Waals surface area contributed by atoms with Crippen LogP contribution in [-0.2, 0) is 9.53 Å². The van der Waals surface area contributed by atoms with Crippen molar-refractivity contribution in [2.24, 2.45) is 0 Å². The molecule has 7 nitrogen and oxygen atoms in total. The third-order valence-corrected chi connectivity index (χ3v) is 4.07. The molecule has 1 aromatic carbocycles. The topological polar surface area (TPSA) is 96.5 Å². The summed E-state index contributed by atoms with van der Waals surface area (Å²) >= 11 is 0. The fourth-order valence-electron chi connectivity index (χ4n) is 2.81. The standard InChI is InChI=1S/C22H22N4O3/c1-22(2,3)29-19(27)10-11-24-21(28)17-5-4-12-26-14-18(25-20(17)26)16-8-6-15(13-23)7-9-16/h4-9,12,14H,10-11H2,1-3H3,(H,24,28). The number of hydrogen-bond acceptors (Lipinski definition) is 5. The summed E-state index contributed by atoms with van der Waals surface area (Å²) < 4.78 is 7.01. The highest BCUT2D eigenvalue weighted by Crippen LogP contribution is 2.21. The van der Waals surface area contributed by atoms with Gasteiger partial charge in [0.25, 0.3) is 5.91 Å². The number of aromatic nitrogens is 2. The number of nitrogens with one attached hydrogen (secondary N) is 1. The molecule has 0 radical (unpaired) electrons. The van der Waals surface area contributed by atoms with E-state index in [2.05, 4.69) is 16.4 Å². The summed E-state index contributed by atoms with van der Waals surface area (Å²) in [6.45, 7) is 5.58. The first-order chi connectivity index (χ1) is 13.8. The molecule has 1 amide bonds. The molecule has 2 aromatic heterocycles. The Morgan fingerprint density at radius 1 is 1.21 bits per heavy atom. The van der Waals surface area contributed by atoms with E-state index in [-0.39, 0.29) is 24.8 Å². The van der Waals surface area contributed by atoms with Crippen molar-refractivity contribution >= 4 is 17.5 Å². The Morgan fingerprint density at radius 2 is 1.93 bits per heavy atom. The first-order valence-corrected chi connectivity index (χ1v) is 9.25. The van der Waals surface area contributed by atoms with Crippen molar-refractivity contribution in [3.63, 3.8) is 0 Å². The van der Waals surface area contributed by atoms with Gasteiger partial charge in [-0.25, -0.2) is 4.98 Å². The average Bonchev–Trinajstić information content (AvgIpc) is 3.10. The molecular weight excluding hydrogens is 368 g/mol. The number of carbonyl (C=O) groups is 2. The number of ether oxygens (including phenoxy) is 1. The second-order valence-electron chi connectivity index (χ2n) is 7.56. The van der Waals surface area contributed by atoms with Crippen LogP contribution >= 0.6 is 0 Å². The zero-order valence-electron chi connectivity index (χ0n) is 16.6. The number of esters is 1. The predicted octanol–water partition coefficient (Wildman–Crippen LogP) is 3.33. The van der Waals surface area contributed by atoms with Gasteiger partial charge in [-0.05, 0) is 45.0 Å². The first-order valence-electron chi connectivity index (χ1n) is 9.25. The van der Waals surface area contributed by atoms with Crippen molar-refractivity contribution in [2.75, 3.05) is 6.54 Å². The van der Waals surface area contributed by atoms with E-state index >= 15 is 0 Å². The molecule has 2 heterocycles. The molecule has 0 spiro atoms. The van der Waals surface area contributed by atoms with Gasteiger partial charge in [0.15, 0.2) is 0 Å². The molecule has 29 heavy (non-hydrogen) atoms. The number of imidazole rings is 1. The van der Waals surface area contributed by atoms with Gasteiger partial charge in [0, 0.05) is 24.5 Å². The number of rotatable bonds is 5. The summed E-state index contributed by atoms with van der Waals surface area (Å²) in [7, 11) is 0. The quantitative estimate of drug-likeness (QED) is 0.674. The van der Waals surface area contributed by atoms with Crippen LogP contribution in [0.3, 0.4) is 0 Å². The second kappa shape index (κ2) is 8.15. The van der Waals surface area contributed by atoms with E-state index < -0.39 is 5.60 Å². The third kappa shape index (κ3) is 4.99. The number of benzene rings is 1. The van der Waals surface area contributed by atoms with Crippen molar-refractivity contribution in [3.8, 4) is 17.3 Å². The number of nitrogens with zero attached hydrogens (tertiary/aromatic N) is 3. The molecule has 7 heteroatoms. The number of fused-ring (bicyclic) bond motifs is 1. The van der Waals surface area contributed by atoms with Crippen LogP contribution in [-0.4, -0.2) is 33.4 Å². The van der Waals surface area contributed by atoms with E-state index in [1.54, 1.807) is 49.4 Å². The summed E-state index contributed by atoms with van der Waals surface area (Å²) in [5.41, 5.74) is 2.50. The van der Waals surface area contributed by atoms with Gasteiger partial charge in [0.1, 0.15) is 11.2 Å². The van der Waals surface area contributed by atoms with E-state index in [0.717, 1.165) is 5.56 Å². The van der Waals surface area contributed by atoms with Gasteiger partial charge in [-0.1, -0.05) is 12.1 Å². The molecule has 0 aliphatic rings. The Balaban J connectivity index is 1.74. The molecule has 0 bridgehead atoms. The highest BCUT2D eigenvalue weighted by atomic mass is 16.6. The molecule has 0 atom stereocenters. The molecule has 0 unspecified atom stereocenters. The maximum Gasteiger partial charge on any atom is 0.308 e. The SMILES string of the molecule is CC(C)(C)OC(=O)CCNC(=O)c1cccn2cc(-c3ccc(C#N)cc3)nc12. The van der Waals surface area contributed by atoms with Gasteiger partial charge in [0.05, 0.1) is 29.3 Å². The highest BCUT2D eigenvalue weighted by Gasteiger charge is 2.17. The van der Waals surface area contributed by atoms with E-state index in [1.165, 1.54) is 0 Å². The van der Waals surface area contributed by atoms with Gasteiger partial charge in [0.2, 0.25) is 0 Å². The predicted molar refractivity (Wildman–Crippen MR) is 108 cm³/mol. The van der Waals surface area contributed by atoms with Crippen LogP contribution in [0.1, 0.15) is 43.1 Å². The van der Waals surface area contributed by atoms with Crippen molar-refractivity contribution in [2.45, 2.75) is 32.8 Å².